The maximum absolute atomic E-state index is 11.0. The number of carbonyl (C=O) groups excluding carboxylic acids is 1. The van der Waals surface area contributed by atoms with E-state index in [4.69, 9.17) is 4.74 Å². The zero-order valence-corrected chi connectivity index (χ0v) is 15.0. The number of benzene rings is 1. The quantitative estimate of drug-likeness (QED) is 0.353. The summed E-state index contributed by atoms with van der Waals surface area (Å²) in [6.45, 7) is 4.89. The third-order valence-electron chi connectivity index (χ3n) is 4.43. The predicted octanol–water partition coefficient (Wildman–Crippen LogP) is -0.995. The second-order valence-corrected chi connectivity index (χ2v) is 6.41. The first-order valence-electron chi connectivity index (χ1n) is 8.56. The molecule has 1 aliphatic rings. The van der Waals surface area contributed by atoms with Gasteiger partial charge in [-0.1, -0.05) is 6.58 Å². The van der Waals surface area contributed by atoms with Crippen LogP contribution in [0.15, 0.2) is 36.5 Å². The van der Waals surface area contributed by atoms with E-state index in [9.17, 15) is 30.3 Å². The molecule has 1 aromatic carbocycles. The summed E-state index contributed by atoms with van der Waals surface area (Å²) in [4.78, 5) is 12.2. The Bertz CT molecular complexity index is 652. The van der Waals surface area contributed by atoms with Crippen molar-refractivity contribution in [3.63, 3.8) is 0 Å². The van der Waals surface area contributed by atoms with E-state index in [1.165, 1.54) is 11.8 Å². The van der Waals surface area contributed by atoms with Crippen molar-refractivity contribution in [2.24, 2.45) is 0 Å². The highest BCUT2D eigenvalue weighted by molar-refractivity contribution is 5.88. The molecule has 1 fully saturated rings. The number of ether oxygens (including phenoxy) is 1. The van der Waals surface area contributed by atoms with Crippen LogP contribution in [0.2, 0.25) is 0 Å². The normalized spacial score (nSPS) is 27.9. The van der Waals surface area contributed by atoms with Gasteiger partial charge < -0.3 is 40.5 Å². The van der Waals surface area contributed by atoms with Gasteiger partial charge in [-0.15, -0.1) is 0 Å². The summed E-state index contributed by atoms with van der Waals surface area (Å²) < 4.78 is 5.59. The molecule has 0 bridgehead atoms. The molecule has 0 radical (unpaired) electrons. The first-order chi connectivity index (χ1) is 12.8. The van der Waals surface area contributed by atoms with E-state index in [0.29, 0.717) is 17.1 Å². The molecule has 6 N–H and O–H groups in total. The van der Waals surface area contributed by atoms with Gasteiger partial charge in [-0.3, -0.25) is 4.79 Å². The Morgan fingerprint density at radius 2 is 1.78 bits per heavy atom. The summed E-state index contributed by atoms with van der Waals surface area (Å²) in [6.07, 6.45) is -5.87. The highest BCUT2D eigenvalue weighted by Gasteiger charge is 2.47. The Morgan fingerprint density at radius 3 is 2.33 bits per heavy atom. The average Bonchev–Trinajstić information content (AvgIpc) is 2.63. The Morgan fingerprint density at radius 1 is 1.15 bits per heavy atom. The van der Waals surface area contributed by atoms with Crippen molar-refractivity contribution in [3.8, 4) is 5.75 Å². The Hall–Kier alpha value is -2.17. The first-order valence-corrected chi connectivity index (χ1v) is 8.56. The molecule has 9 nitrogen and oxygen atoms in total. The van der Waals surface area contributed by atoms with Crippen LogP contribution >= 0.6 is 0 Å². The van der Waals surface area contributed by atoms with Crippen LogP contribution in [-0.4, -0.2) is 80.1 Å². The van der Waals surface area contributed by atoms with Gasteiger partial charge >= 0.3 is 0 Å². The molecular formula is C18H26N2O7. The largest absolute Gasteiger partial charge is 0.493 e. The second kappa shape index (κ2) is 9.16. The second-order valence-electron chi connectivity index (χ2n) is 6.41. The zero-order chi connectivity index (χ0) is 20.1. The van der Waals surface area contributed by atoms with Crippen LogP contribution in [-0.2, 0) is 4.79 Å². The van der Waals surface area contributed by atoms with Gasteiger partial charge in [0.25, 0.3) is 0 Å². The number of piperidine rings is 1. The molecule has 1 saturated heterocycles. The fourth-order valence-electron chi connectivity index (χ4n) is 3.00. The van der Waals surface area contributed by atoms with Gasteiger partial charge in [-0.2, -0.15) is 0 Å². The lowest BCUT2D eigenvalue weighted by Crippen LogP contribution is -2.66. The number of hydrogen-bond acceptors (Lipinski definition) is 8. The fraction of sp³-hybridized carbons (Fsp3) is 0.500. The van der Waals surface area contributed by atoms with Crippen LogP contribution < -0.4 is 10.1 Å². The zero-order valence-electron chi connectivity index (χ0n) is 15.0. The molecular weight excluding hydrogens is 356 g/mol. The predicted molar refractivity (Wildman–Crippen MR) is 96.7 cm³/mol. The summed E-state index contributed by atoms with van der Waals surface area (Å²) in [5.41, 5.74) is 0.976. The number of anilines is 1. The summed E-state index contributed by atoms with van der Waals surface area (Å²) in [7, 11) is 0. The average molecular weight is 382 g/mol. The van der Waals surface area contributed by atoms with Gasteiger partial charge in [0.1, 0.15) is 24.1 Å². The molecule has 1 aromatic rings. The lowest BCUT2D eigenvalue weighted by atomic mass is 9.92. The standard InChI is InChI=1S/C18H26N2O7/c1-10(20-14(9-21)15(23)16(24)17(25)18(20)26)7-8-27-13-5-3-12(4-6-13)19-11(2)22/h3-6,14-18,21,23-26H,1,7-9H2,2H3,(H,19,22)/t14-,15-,16+,17-,18?/m1/s1. The van der Waals surface area contributed by atoms with Crippen LogP contribution in [0.5, 0.6) is 5.75 Å². The SMILES string of the molecule is C=C(CCOc1ccc(NC(C)=O)cc1)N1C(O)[C@H](O)[C@@H](O)[C@H](O)[C@H]1CO. The van der Waals surface area contributed by atoms with E-state index in [1.807, 2.05) is 0 Å². The summed E-state index contributed by atoms with van der Waals surface area (Å²) >= 11 is 0. The van der Waals surface area contributed by atoms with Crippen molar-refractivity contribution >= 4 is 11.6 Å². The maximum atomic E-state index is 11.0. The van der Waals surface area contributed by atoms with E-state index in [1.54, 1.807) is 24.3 Å². The van der Waals surface area contributed by atoms with Crippen molar-refractivity contribution in [3.05, 3.63) is 36.5 Å². The van der Waals surface area contributed by atoms with Gasteiger partial charge in [-0.05, 0) is 24.3 Å². The maximum Gasteiger partial charge on any atom is 0.221 e. The Labute approximate surface area is 157 Å². The Kier molecular flexibility index (Phi) is 7.17. The number of rotatable bonds is 7. The molecule has 2 rings (SSSR count). The minimum Gasteiger partial charge on any atom is -0.493 e. The van der Waals surface area contributed by atoms with Crippen molar-refractivity contribution < 1.29 is 35.1 Å². The monoisotopic (exact) mass is 382 g/mol. The molecule has 0 aromatic heterocycles. The molecule has 0 aliphatic carbocycles. The number of aliphatic hydroxyl groups is 5. The molecule has 150 valence electrons. The van der Waals surface area contributed by atoms with Crippen LogP contribution in [0.1, 0.15) is 13.3 Å². The van der Waals surface area contributed by atoms with Gasteiger partial charge in [0, 0.05) is 24.7 Å². The fourth-order valence-corrected chi connectivity index (χ4v) is 3.00. The number of carbonyl (C=O) groups is 1. The molecule has 1 aliphatic heterocycles. The van der Waals surface area contributed by atoms with Crippen LogP contribution in [0.4, 0.5) is 5.69 Å². The molecule has 5 atom stereocenters. The van der Waals surface area contributed by atoms with Crippen molar-refractivity contribution in [2.45, 2.75) is 43.9 Å². The van der Waals surface area contributed by atoms with Crippen molar-refractivity contribution in [1.82, 2.24) is 4.90 Å². The summed E-state index contributed by atoms with van der Waals surface area (Å²) in [6, 6.07) is 5.75. The number of nitrogens with one attached hydrogen (secondary N) is 1. The lowest BCUT2D eigenvalue weighted by molar-refractivity contribution is -0.213. The molecule has 1 heterocycles. The Balaban J connectivity index is 1.93. The van der Waals surface area contributed by atoms with Crippen LogP contribution in [0, 0.1) is 0 Å². The van der Waals surface area contributed by atoms with Crippen molar-refractivity contribution in [1.29, 1.82) is 0 Å². The number of likely N-dealkylation sites (tertiary alicyclic amines) is 1. The molecule has 1 amide bonds. The van der Waals surface area contributed by atoms with Gasteiger partial charge in [-0.25, -0.2) is 0 Å². The number of hydrogen-bond donors (Lipinski definition) is 6. The van der Waals surface area contributed by atoms with E-state index >= 15 is 0 Å². The highest BCUT2D eigenvalue weighted by atomic mass is 16.5. The minimum atomic E-state index is -1.60. The molecule has 9 heteroatoms. The van der Waals surface area contributed by atoms with Crippen molar-refractivity contribution in [2.75, 3.05) is 18.5 Å². The van der Waals surface area contributed by atoms with Gasteiger partial charge in [0.05, 0.1) is 19.3 Å². The summed E-state index contributed by atoms with van der Waals surface area (Å²) in [5.74, 6) is 0.387. The third kappa shape index (κ3) is 4.96. The van der Waals surface area contributed by atoms with Crippen LogP contribution in [0.25, 0.3) is 0 Å². The topological polar surface area (TPSA) is 143 Å². The number of nitrogens with zero attached hydrogens (tertiary/aromatic N) is 1. The molecule has 27 heavy (non-hydrogen) atoms. The van der Waals surface area contributed by atoms with E-state index < -0.39 is 37.2 Å². The van der Waals surface area contributed by atoms with E-state index in [0.717, 1.165) is 0 Å². The molecule has 1 unspecified atom stereocenters. The van der Waals surface area contributed by atoms with Crippen LogP contribution in [0.3, 0.4) is 0 Å². The lowest BCUT2D eigenvalue weighted by Gasteiger charge is -2.48. The smallest absolute Gasteiger partial charge is 0.221 e. The number of amides is 1. The first kappa shape index (κ1) is 21.1. The third-order valence-corrected chi connectivity index (χ3v) is 4.43. The minimum absolute atomic E-state index is 0.173. The van der Waals surface area contributed by atoms with E-state index in [2.05, 4.69) is 11.9 Å². The highest BCUT2D eigenvalue weighted by Crippen LogP contribution is 2.28. The van der Waals surface area contributed by atoms with Gasteiger partial charge in [0.2, 0.25) is 5.91 Å². The number of aliphatic hydroxyl groups excluding tert-OH is 5. The molecule has 0 saturated carbocycles. The van der Waals surface area contributed by atoms with E-state index in [-0.39, 0.29) is 18.9 Å². The molecule has 0 spiro atoms. The summed E-state index contributed by atoms with van der Waals surface area (Å²) in [5, 5.41) is 51.9. The van der Waals surface area contributed by atoms with Gasteiger partial charge in [0.15, 0.2) is 6.23 Å².